The number of halogens is 3. The molecule has 2 aromatic rings. The summed E-state index contributed by atoms with van der Waals surface area (Å²) in [5, 5.41) is 0. The van der Waals surface area contributed by atoms with Gasteiger partial charge in [0.15, 0.2) is 0 Å². The molecule has 11 heteroatoms. The molecule has 0 spiro atoms. The molecule has 6 nitrogen and oxygen atoms in total. The summed E-state index contributed by atoms with van der Waals surface area (Å²) >= 11 is 0.410. The standard InChI is InChI=1S/C17H16F3N3O3S2/c18-17(19,20)15-4-3-14(27-15)16(24)23-9-10-6-12(13(23)7-10)22-28(25,26)11-2-1-5-21-8-11/h1-5,8,10,12-13,22H,6-7,9H2/t10-,12+,13-/m1/s1. The summed E-state index contributed by atoms with van der Waals surface area (Å²) in [6.07, 6.45) is -0.569. The van der Waals surface area contributed by atoms with Crippen LogP contribution in [0.1, 0.15) is 27.4 Å². The molecule has 2 aliphatic rings. The van der Waals surface area contributed by atoms with Crippen molar-refractivity contribution in [2.45, 2.75) is 36.0 Å². The van der Waals surface area contributed by atoms with Gasteiger partial charge in [-0.25, -0.2) is 13.1 Å². The van der Waals surface area contributed by atoms with Crippen LogP contribution in [0.2, 0.25) is 0 Å². The normalized spacial score (nSPS) is 24.7. The number of likely N-dealkylation sites (tertiary alicyclic amines) is 1. The van der Waals surface area contributed by atoms with E-state index in [1.807, 2.05) is 0 Å². The number of carbonyl (C=O) groups excluding carboxylic acids is 1. The lowest BCUT2D eigenvalue weighted by Crippen LogP contribution is -2.51. The van der Waals surface area contributed by atoms with E-state index in [9.17, 15) is 26.4 Å². The molecule has 28 heavy (non-hydrogen) atoms. The minimum atomic E-state index is -4.49. The number of fused-ring (bicyclic) bond motifs is 2. The van der Waals surface area contributed by atoms with Gasteiger partial charge in [-0.3, -0.25) is 9.78 Å². The zero-order chi connectivity index (χ0) is 20.1. The molecule has 2 bridgehead atoms. The molecule has 2 aromatic heterocycles. The predicted molar refractivity (Wildman–Crippen MR) is 95.2 cm³/mol. The number of nitrogens with zero attached hydrogens (tertiary/aromatic N) is 2. The molecule has 1 aliphatic carbocycles. The van der Waals surface area contributed by atoms with Crippen LogP contribution in [0.3, 0.4) is 0 Å². The highest BCUT2D eigenvalue weighted by Crippen LogP contribution is 2.41. The molecule has 4 rings (SSSR count). The monoisotopic (exact) mass is 431 g/mol. The second-order valence-electron chi connectivity index (χ2n) is 6.94. The highest BCUT2D eigenvalue weighted by atomic mass is 32.2. The second-order valence-corrected chi connectivity index (χ2v) is 9.74. The van der Waals surface area contributed by atoms with Crippen molar-refractivity contribution in [2.75, 3.05) is 6.54 Å². The second kappa shape index (κ2) is 6.82. The van der Waals surface area contributed by atoms with Gasteiger partial charge in [-0.15, -0.1) is 11.3 Å². The molecule has 3 atom stereocenters. The van der Waals surface area contributed by atoms with Crippen LogP contribution in [-0.4, -0.2) is 42.8 Å². The van der Waals surface area contributed by atoms with Crippen LogP contribution in [0.15, 0.2) is 41.6 Å². The van der Waals surface area contributed by atoms with Gasteiger partial charge < -0.3 is 4.90 Å². The van der Waals surface area contributed by atoms with Crippen molar-refractivity contribution in [2.24, 2.45) is 5.92 Å². The smallest absolute Gasteiger partial charge is 0.333 e. The number of nitrogens with one attached hydrogen (secondary N) is 1. The molecule has 1 N–H and O–H groups in total. The lowest BCUT2D eigenvalue weighted by Gasteiger charge is -2.33. The minimum Gasteiger partial charge on any atom is -0.333 e. The minimum absolute atomic E-state index is 0.00809. The molecule has 1 amide bonds. The van der Waals surface area contributed by atoms with E-state index in [-0.39, 0.29) is 21.7 Å². The van der Waals surface area contributed by atoms with E-state index in [2.05, 4.69) is 9.71 Å². The van der Waals surface area contributed by atoms with Gasteiger partial charge in [-0.05, 0) is 43.0 Å². The quantitative estimate of drug-likeness (QED) is 0.808. The number of piperidine rings is 1. The molecule has 1 saturated heterocycles. The summed E-state index contributed by atoms with van der Waals surface area (Å²) in [7, 11) is -3.79. The zero-order valence-electron chi connectivity index (χ0n) is 14.4. The Morgan fingerprint density at radius 2 is 2.04 bits per heavy atom. The van der Waals surface area contributed by atoms with Crippen molar-refractivity contribution in [3.8, 4) is 0 Å². The Morgan fingerprint density at radius 1 is 1.25 bits per heavy atom. The van der Waals surface area contributed by atoms with Crippen LogP contribution < -0.4 is 4.72 Å². The summed E-state index contributed by atoms with van der Waals surface area (Å²) in [5.74, 6) is -0.365. The van der Waals surface area contributed by atoms with Crippen molar-refractivity contribution in [3.63, 3.8) is 0 Å². The maximum Gasteiger partial charge on any atom is 0.425 e. The maximum absolute atomic E-state index is 12.8. The van der Waals surface area contributed by atoms with Crippen molar-refractivity contribution in [3.05, 3.63) is 46.4 Å². The van der Waals surface area contributed by atoms with Gasteiger partial charge in [-0.1, -0.05) is 0 Å². The first-order chi connectivity index (χ1) is 13.1. The fourth-order valence-corrected chi connectivity index (χ4v) is 5.98. The fourth-order valence-electron chi connectivity index (χ4n) is 3.91. The molecule has 150 valence electrons. The molecule has 0 unspecified atom stereocenters. The Balaban J connectivity index is 1.51. The molecular formula is C17H16F3N3O3S2. The summed E-state index contributed by atoms with van der Waals surface area (Å²) < 4.78 is 66.1. The largest absolute Gasteiger partial charge is 0.425 e. The molecule has 2 fully saturated rings. The number of hydrogen-bond donors (Lipinski definition) is 1. The Labute approximate surface area is 163 Å². The first-order valence-electron chi connectivity index (χ1n) is 8.55. The molecule has 3 heterocycles. The van der Waals surface area contributed by atoms with E-state index in [4.69, 9.17) is 0 Å². The number of carbonyl (C=O) groups is 1. The van der Waals surface area contributed by atoms with Crippen LogP contribution in [0.4, 0.5) is 13.2 Å². The number of rotatable bonds is 4. The number of alkyl halides is 3. The molecule has 0 radical (unpaired) electrons. The van der Waals surface area contributed by atoms with Crippen LogP contribution in [0.5, 0.6) is 0 Å². The van der Waals surface area contributed by atoms with Gasteiger partial charge in [0.2, 0.25) is 10.0 Å². The Hall–Kier alpha value is -1.98. The van der Waals surface area contributed by atoms with Gasteiger partial charge in [-0.2, -0.15) is 13.2 Å². The third-order valence-corrected chi connectivity index (χ3v) is 7.68. The van der Waals surface area contributed by atoms with Crippen molar-refractivity contribution >= 4 is 27.3 Å². The van der Waals surface area contributed by atoms with Crippen molar-refractivity contribution in [1.29, 1.82) is 0 Å². The molecule has 1 aliphatic heterocycles. The Morgan fingerprint density at radius 3 is 2.64 bits per heavy atom. The van der Waals surface area contributed by atoms with Gasteiger partial charge in [0.1, 0.15) is 9.77 Å². The van der Waals surface area contributed by atoms with Crippen LogP contribution in [0.25, 0.3) is 0 Å². The Bertz CT molecular complexity index is 992. The SMILES string of the molecule is O=C(c1ccc(C(F)(F)F)s1)N1C[C@@H]2C[C@H](NS(=O)(=O)c3cccnc3)[C@H]1C2. The number of thiophene rings is 1. The highest BCUT2D eigenvalue weighted by molar-refractivity contribution is 7.89. The van der Waals surface area contributed by atoms with Crippen LogP contribution in [-0.2, 0) is 16.2 Å². The number of sulfonamides is 1. The van der Waals surface area contributed by atoms with Crippen molar-refractivity contribution < 1.29 is 26.4 Å². The number of aromatic nitrogens is 1. The van der Waals surface area contributed by atoms with E-state index in [1.54, 1.807) is 0 Å². The van der Waals surface area contributed by atoms with Gasteiger partial charge in [0, 0.05) is 31.0 Å². The lowest BCUT2D eigenvalue weighted by atomic mass is 10.1. The van der Waals surface area contributed by atoms with Crippen LogP contribution in [0, 0.1) is 5.92 Å². The first kappa shape index (κ1) is 19.3. The third-order valence-electron chi connectivity index (χ3n) is 5.09. The highest BCUT2D eigenvalue weighted by Gasteiger charge is 2.48. The van der Waals surface area contributed by atoms with Gasteiger partial charge in [0.05, 0.1) is 4.88 Å². The number of pyridine rings is 1. The average Bonchev–Trinajstić information content (AvgIpc) is 3.36. The first-order valence-corrected chi connectivity index (χ1v) is 10.9. The number of hydrogen-bond acceptors (Lipinski definition) is 5. The molecule has 1 saturated carbocycles. The third kappa shape index (κ3) is 3.53. The number of amides is 1. The summed E-state index contributed by atoms with van der Waals surface area (Å²) in [6.45, 7) is 0.424. The molecule has 0 aromatic carbocycles. The average molecular weight is 431 g/mol. The fraction of sp³-hybridized carbons (Fsp3) is 0.412. The van der Waals surface area contributed by atoms with E-state index in [0.717, 1.165) is 6.07 Å². The topological polar surface area (TPSA) is 79.4 Å². The Kier molecular flexibility index (Phi) is 4.71. The summed E-state index contributed by atoms with van der Waals surface area (Å²) in [6, 6.07) is 4.16. The predicted octanol–water partition coefficient (Wildman–Crippen LogP) is 2.74. The van der Waals surface area contributed by atoms with Gasteiger partial charge in [0.25, 0.3) is 5.91 Å². The van der Waals surface area contributed by atoms with Crippen molar-refractivity contribution in [1.82, 2.24) is 14.6 Å². The summed E-state index contributed by atoms with van der Waals surface area (Å²) in [4.78, 5) is 17.3. The lowest BCUT2D eigenvalue weighted by molar-refractivity contribution is -0.134. The van der Waals surface area contributed by atoms with Gasteiger partial charge >= 0.3 is 6.18 Å². The summed E-state index contributed by atoms with van der Waals surface area (Å²) in [5.41, 5.74) is 0. The molecular weight excluding hydrogens is 415 g/mol. The van der Waals surface area contributed by atoms with E-state index >= 15 is 0 Å². The zero-order valence-corrected chi connectivity index (χ0v) is 16.0. The van der Waals surface area contributed by atoms with E-state index in [1.165, 1.54) is 35.5 Å². The van der Waals surface area contributed by atoms with E-state index in [0.29, 0.717) is 30.7 Å². The van der Waals surface area contributed by atoms with Crippen LogP contribution >= 0.6 is 11.3 Å². The maximum atomic E-state index is 12.8. The van der Waals surface area contributed by atoms with E-state index < -0.39 is 33.0 Å².